The summed E-state index contributed by atoms with van der Waals surface area (Å²) < 4.78 is 10.5. The molecule has 0 radical (unpaired) electrons. The van der Waals surface area contributed by atoms with Crippen molar-refractivity contribution >= 4 is 11.6 Å². The van der Waals surface area contributed by atoms with Crippen LogP contribution < -0.4 is 14.8 Å². The Labute approximate surface area is 121 Å². The minimum atomic E-state index is 0.536. The molecule has 1 atom stereocenters. The van der Waals surface area contributed by atoms with E-state index in [2.05, 4.69) is 19.2 Å². The summed E-state index contributed by atoms with van der Waals surface area (Å²) in [5.74, 6) is 1.27. The zero-order valence-corrected chi connectivity index (χ0v) is 13.0. The van der Waals surface area contributed by atoms with E-state index in [1.807, 2.05) is 12.1 Å². The molecule has 1 aromatic carbocycles. The minimum Gasteiger partial charge on any atom is -0.493 e. The molecule has 0 aliphatic carbocycles. The average Bonchev–Trinajstić information content (AvgIpc) is 2.44. The minimum absolute atomic E-state index is 0.536. The van der Waals surface area contributed by atoms with Crippen molar-refractivity contribution in [3.63, 3.8) is 0 Å². The molecular weight excluding hydrogens is 262 g/mol. The number of hydrogen-bond donors (Lipinski definition) is 1. The topological polar surface area (TPSA) is 30.5 Å². The van der Waals surface area contributed by atoms with Crippen molar-refractivity contribution in [1.29, 1.82) is 0 Å². The highest BCUT2D eigenvalue weighted by molar-refractivity contribution is 6.33. The molecule has 1 rings (SSSR count). The van der Waals surface area contributed by atoms with E-state index in [1.54, 1.807) is 14.2 Å². The summed E-state index contributed by atoms with van der Waals surface area (Å²) in [5.41, 5.74) is 1.04. The molecule has 0 spiro atoms. The van der Waals surface area contributed by atoms with E-state index >= 15 is 0 Å². The summed E-state index contributed by atoms with van der Waals surface area (Å²) in [4.78, 5) is 0. The lowest BCUT2D eigenvalue weighted by atomic mass is 10.1. The molecule has 0 amide bonds. The molecule has 0 aliphatic rings. The van der Waals surface area contributed by atoms with Crippen LogP contribution in [0.25, 0.3) is 0 Å². The smallest absolute Gasteiger partial charge is 0.179 e. The summed E-state index contributed by atoms with van der Waals surface area (Å²) in [7, 11) is 3.22. The van der Waals surface area contributed by atoms with Crippen molar-refractivity contribution in [2.45, 2.75) is 45.7 Å². The van der Waals surface area contributed by atoms with Crippen LogP contribution in [0.1, 0.15) is 38.7 Å². The Hall–Kier alpha value is -0.930. The summed E-state index contributed by atoms with van der Waals surface area (Å²) >= 11 is 6.35. The molecule has 0 heterocycles. The molecule has 1 aromatic rings. The number of ether oxygens (including phenoxy) is 2. The normalized spacial score (nSPS) is 12.3. The second-order valence-corrected chi connectivity index (χ2v) is 4.93. The van der Waals surface area contributed by atoms with Gasteiger partial charge in [-0.25, -0.2) is 0 Å². The molecule has 4 heteroatoms. The molecule has 0 bridgehead atoms. The standard InChI is InChI=1S/C15H24ClNO2/c1-5-7-12(6-2)17-10-11-8-9-13(18-3)15(19-4)14(11)16/h8-9,12,17H,5-7,10H2,1-4H3. The van der Waals surface area contributed by atoms with Gasteiger partial charge in [0.15, 0.2) is 11.5 Å². The Balaban J connectivity index is 2.79. The fourth-order valence-electron chi connectivity index (χ4n) is 2.12. The van der Waals surface area contributed by atoms with Crippen molar-refractivity contribution in [3.05, 3.63) is 22.7 Å². The van der Waals surface area contributed by atoms with Gasteiger partial charge in [-0.3, -0.25) is 0 Å². The molecule has 0 saturated heterocycles. The number of rotatable bonds is 8. The van der Waals surface area contributed by atoms with Gasteiger partial charge in [0, 0.05) is 12.6 Å². The van der Waals surface area contributed by atoms with E-state index < -0.39 is 0 Å². The van der Waals surface area contributed by atoms with Gasteiger partial charge >= 0.3 is 0 Å². The van der Waals surface area contributed by atoms with E-state index in [0.29, 0.717) is 22.6 Å². The second kappa shape index (κ2) is 8.28. The first-order valence-corrected chi connectivity index (χ1v) is 7.18. The maximum Gasteiger partial charge on any atom is 0.179 e. The monoisotopic (exact) mass is 285 g/mol. The van der Waals surface area contributed by atoms with E-state index in [0.717, 1.165) is 18.5 Å². The quantitative estimate of drug-likeness (QED) is 0.782. The van der Waals surface area contributed by atoms with Crippen molar-refractivity contribution in [1.82, 2.24) is 5.32 Å². The van der Waals surface area contributed by atoms with Gasteiger partial charge in [-0.1, -0.05) is 37.9 Å². The van der Waals surface area contributed by atoms with Crippen LogP contribution in [-0.4, -0.2) is 20.3 Å². The molecular formula is C15H24ClNO2. The second-order valence-electron chi connectivity index (χ2n) is 4.55. The van der Waals surface area contributed by atoms with Gasteiger partial charge in [-0.2, -0.15) is 0 Å². The van der Waals surface area contributed by atoms with E-state index in [9.17, 15) is 0 Å². The Kier molecular flexibility index (Phi) is 7.03. The third-order valence-corrected chi connectivity index (χ3v) is 3.69. The van der Waals surface area contributed by atoms with Crippen molar-refractivity contribution in [2.75, 3.05) is 14.2 Å². The van der Waals surface area contributed by atoms with Crippen molar-refractivity contribution in [2.24, 2.45) is 0 Å². The third-order valence-electron chi connectivity index (χ3n) is 3.28. The number of methoxy groups -OCH3 is 2. The molecule has 19 heavy (non-hydrogen) atoms. The number of benzene rings is 1. The van der Waals surface area contributed by atoms with Crippen LogP contribution in [0.2, 0.25) is 5.02 Å². The zero-order valence-electron chi connectivity index (χ0n) is 12.3. The maximum absolute atomic E-state index is 6.35. The van der Waals surface area contributed by atoms with Gasteiger partial charge in [0.2, 0.25) is 0 Å². The fourth-order valence-corrected chi connectivity index (χ4v) is 2.42. The lowest BCUT2D eigenvalue weighted by molar-refractivity contribution is 0.354. The van der Waals surface area contributed by atoms with Crippen LogP contribution in [-0.2, 0) is 6.54 Å². The van der Waals surface area contributed by atoms with Gasteiger partial charge in [0.1, 0.15) is 0 Å². The first-order valence-electron chi connectivity index (χ1n) is 6.80. The van der Waals surface area contributed by atoms with Gasteiger partial charge in [-0.05, 0) is 24.5 Å². The molecule has 1 unspecified atom stereocenters. The van der Waals surface area contributed by atoms with E-state index in [1.165, 1.54) is 12.8 Å². The predicted octanol–water partition coefficient (Wildman–Crippen LogP) is 4.03. The Morgan fingerprint density at radius 3 is 2.47 bits per heavy atom. The first kappa shape index (κ1) is 16.1. The molecule has 0 aliphatic heterocycles. The summed E-state index contributed by atoms with van der Waals surface area (Å²) in [6.07, 6.45) is 3.49. The number of nitrogens with one attached hydrogen (secondary N) is 1. The first-order chi connectivity index (χ1) is 9.17. The van der Waals surface area contributed by atoms with Crippen molar-refractivity contribution < 1.29 is 9.47 Å². The predicted molar refractivity (Wildman–Crippen MR) is 80.4 cm³/mol. The average molecular weight is 286 g/mol. The Morgan fingerprint density at radius 1 is 1.21 bits per heavy atom. The van der Waals surface area contributed by atoms with Gasteiger partial charge in [0.25, 0.3) is 0 Å². The molecule has 108 valence electrons. The van der Waals surface area contributed by atoms with E-state index in [-0.39, 0.29) is 0 Å². The maximum atomic E-state index is 6.35. The van der Waals surface area contributed by atoms with Crippen LogP contribution in [0.4, 0.5) is 0 Å². The molecule has 3 nitrogen and oxygen atoms in total. The largest absolute Gasteiger partial charge is 0.493 e. The molecule has 0 fully saturated rings. The van der Waals surface area contributed by atoms with Crippen LogP contribution in [0.3, 0.4) is 0 Å². The van der Waals surface area contributed by atoms with Gasteiger partial charge < -0.3 is 14.8 Å². The highest BCUT2D eigenvalue weighted by Gasteiger charge is 2.13. The summed E-state index contributed by atoms with van der Waals surface area (Å²) in [5, 5.41) is 4.16. The SMILES string of the molecule is CCCC(CC)NCc1ccc(OC)c(OC)c1Cl. The van der Waals surface area contributed by atoms with Crippen LogP contribution >= 0.6 is 11.6 Å². The highest BCUT2D eigenvalue weighted by atomic mass is 35.5. The van der Waals surface area contributed by atoms with Crippen molar-refractivity contribution in [3.8, 4) is 11.5 Å². The zero-order chi connectivity index (χ0) is 14.3. The Bertz CT molecular complexity index is 396. The summed E-state index contributed by atoms with van der Waals surface area (Å²) in [6, 6.07) is 4.41. The highest BCUT2D eigenvalue weighted by Crippen LogP contribution is 2.37. The lowest BCUT2D eigenvalue weighted by Gasteiger charge is -2.18. The lowest BCUT2D eigenvalue weighted by Crippen LogP contribution is -2.27. The van der Waals surface area contributed by atoms with Crippen LogP contribution in [0.5, 0.6) is 11.5 Å². The van der Waals surface area contributed by atoms with Crippen LogP contribution in [0.15, 0.2) is 12.1 Å². The Morgan fingerprint density at radius 2 is 1.95 bits per heavy atom. The molecule has 0 saturated carbocycles. The van der Waals surface area contributed by atoms with E-state index in [4.69, 9.17) is 21.1 Å². The van der Waals surface area contributed by atoms with Gasteiger partial charge in [-0.15, -0.1) is 0 Å². The molecule has 1 N–H and O–H groups in total. The number of hydrogen-bond acceptors (Lipinski definition) is 3. The fraction of sp³-hybridized carbons (Fsp3) is 0.600. The molecule has 0 aromatic heterocycles. The third kappa shape index (κ3) is 4.29. The van der Waals surface area contributed by atoms with Gasteiger partial charge in [0.05, 0.1) is 19.2 Å². The summed E-state index contributed by atoms with van der Waals surface area (Å²) in [6.45, 7) is 5.15. The number of halogens is 1. The van der Waals surface area contributed by atoms with Crippen LogP contribution in [0, 0.1) is 0 Å².